The van der Waals surface area contributed by atoms with Gasteiger partial charge in [-0.3, -0.25) is 0 Å². The molecule has 2 rings (SSSR count). The maximum absolute atomic E-state index is 8.70. The van der Waals surface area contributed by atoms with E-state index < -0.39 is 0 Å². The van der Waals surface area contributed by atoms with Gasteiger partial charge in [-0.1, -0.05) is 25.5 Å². The van der Waals surface area contributed by atoms with Crippen LogP contribution in [0.3, 0.4) is 0 Å². The zero-order chi connectivity index (χ0) is 10.8. The van der Waals surface area contributed by atoms with Crippen LogP contribution in [0.5, 0.6) is 0 Å². The van der Waals surface area contributed by atoms with E-state index in [2.05, 4.69) is 30.2 Å². The van der Waals surface area contributed by atoms with Crippen molar-refractivity contribution in [1.82, 2.24) is 15.0 Å². The molecule has 1 aliphatic carbocycles. The van der Waals surface area contributed by atoms with Crippen LogP contribution in [0.15, 0.2) is 0 Å². The lowest BCUT2D eigenvalue weighted by Crippen LogP contribution is -2.05. The summed E-state index contributed by atoms with van der Waals surface area (Å²) in [5.74, 6) is 0.720. The Morgan fingerprint density at radius 3 is 2.87 bits per heavy atom. The quantitative estimate of drug-likeness (QED) is 0.752. The first-order valence-corrected chi connectivity index (χ1v) is 5.57. The van der Waals surface area contributed by atoms with Gasteiger partial charge in [0, 0.05) is 0 Å². The number of aromatic nitrogens is 3. The summed E-state index contributed by atoms with van der Waals surface area (Å²) < 4.78 is 2.04. The minimum absolute atomic E-state index is 0.385. The van der Waals surface area contributed by atoms with E-state index in [4.69, 9.17) is 5.26 Å². The van der Waals surface area contributed by atoms with Gasteiger partial charge in [-0.15, -0.1) is 5.10 Å². The van der Waals surface area contributed by atoms with Crippen LogP contribution in [0.4, 0.5) is 0 Å². The Morgan fingerprint density at radius 1 is 1.60 bits per heavy atom. The van der Waals surface area contributed by atoms with Crippen LogP contribution in [-0.2, 0) is 12.8 Å². The first kappa shape index (κ1) is 10.2. The van der Waals surface area contributed by atoms with Crippen LogP contribution in [-0.4, -0.2) is 15.0 Å². The second-order valence-corrected chi connectivity index (χ2v) is 4.29. The SMILES string of the molecule is CCCc1c(CC#N)nnn1C1CC1C. The van der Waals surface area contributed by atoms with Gasteiger partial charge in [0.1, 0.15) is 0 Å². The van der Waals surface area contributed by atoms with Gasteiger partial charge in [0.25, 0.3) is 0 Å². The molecule has 0 spiro atoms. The predicted molar refractivity (Wildman–Crippen MR) is 56.2 cm³/mol. The van der Waals surface area contributed by atoms with E-state index in [0.29, 0.717) is 12.5 Å². The first-order chi connectivity index (χ1) is 7.27. The topological polar surface area (TPSA) is 54.5 Å². The molecule has 1 fully saturated rings. The molecule has 80 valence electrons. The molecule has 1 aliphatic rings. The third-order valence-electron chi connectivity index (χ3n) is 2.99. The van der Waals surface area contributed by atoms with E-state index in [0.717, 1.165) is 24.5 Å². The highest BCUT2D eigenvalue weighted by molar-refractivity contribution is 5.16. The van der Waals surface area contributed by atoms with Crippen molar-refractivity contribution in [2.75, 3.05) is 0 Å². The van der Waals surface area contributed by atoms with Gasteiger partial charge in [-0.25, -0.2) is 4.68 Å². The molecule has 2 atom stereocenters. The highest BCUT2D eigenvalue weighted by atomic mass is 15.5. The predicted octanol–water partition coefficient (Wildman–Crippen LogP) is 1.88. The number of hydrogen-bond donors (Lipinski definition) is 0. The maximum atomic E-state index is 8.70. The average Bonchev–Trinajstić information content (AvgIpc) is 2.80. The highest BCUT2D eigenvalue weighted by Crippen LogP contribution is 2.43. The van der Waals surface area contributed by atoms with Gasteiger partial charge >= 0.3 is 0 Å². The van der Waals surface area contributed by atoms with Crippen molar-refractivity contribution in [3.05, 3.63) is 11.4 Å². The summed E-state index contributed by atoms with van der Waals surface area (Å²) in [4.78, 5) is 0. The molecule has 0 bridgehead atoms. The molecular formula is C11H16N4. The second-order valence-electron chi connectivity index (χ2n) is 4.29. The van der Waals surface area contributed by atoms with Crippen molar-refractivity contribution in [2.45, 2.75) is 45.6 Å². The summed E-state index contributed by atoms with van der Waals surface area (Å²) in [7, 11) is 0. The molecule has 0 N–H and O–H groups in total. The van der Waals surface area contributed by atoms with Gasteiger partial charge in [0.15, 0.2) is 0 Å². The number of nitrogens with zero attached hydrogens (tertiary/aromatic N) is 4. The lowest BCUT2D eigenvalue weighted by atomic mass is 10.2. The summed E-state index contributed by atoms with van der Waals surface area (Å²) in [6.07, 6.45) is 3.64. The van der Waals surface area contributed by atoms with E-state index in [1.165, 1.54) is 12.1 Å². The van der Waals surface area contributed by atoms with Crippen molar-refractivity contribution in [2.24, 2.45) is 5.92 Å². The normalized spacial score (nSPS) is 23.8. The highest BCUT2D eigenvalue weighted by Gasteiger charge is 2.37. The van der Waals surface area contributed by atoms with Crippen molar-refractivity contribution >= 4 is 0 Å². The molecule has 1 heterocycles. The third kappa shape index (κ3) is 1.87. The van der Waals surface area contributed by atoms with E-state index in [9.17, 15) is 0 Å². The van der Waals surface area contributed by atoms with Gasteiger partial charge in [0.2, 0.25) is 0 Å². The molecule has 4 heteroatoms. The van der Waals surface area contributed by atoms with E-state index in [1.807, 2.05) is 4.68 Å². The smallest absolute Gasteiger partial charge is 0.0999 e. The molecule has 1 aromatic rings. The Kier molecular flexibility index (Phi) is 2.72. The molecule has 0 aliphatic heterocycles. The Bertz CT molecular complexity index is 388. The molecule has 1 aromatic heterocycles. The maximum Gasteiger partial charge on any atom is 0.0999 e. The summed E-state index contributed by atoms with van der Waals surface area (Å²) in [5, 5.41) is 17.0. The third-order valence-corrected chi connectivity index (χ3v) is 2.99. The van der Waals surface area contributed by atoms with Gasteiger partial charge in [-0.2, -0.15) is 5.26 Å². The van der Waals surface area contributed by atoms with Gasteiger partial charge in [-0.05, 0) is 18.8 Å². The number of rotatable bonds is 4. The van der Waals surface area contributed by atoms with Gasteiger partial charge in [0.05, 0.1) is 29.9 Å². The lowest BCUT2D eigenvalue weighted by Gasteiger charge is -2.04. The second kappa shape index (κ2) is 4.01. The standard InChI is InChI=1S/C11H16N4/c1-3-4-10-9(5-6-12)13-14-15(10)11-7-8(11)2/h8,11H,3-5,7H2,1-2H3. The van der Waals surface area contributed by atoms with E-state index in [-0.39, 0.29) is 0 Å². The summed E-state index contributed by atoms with van der Waals surface area (Å²) in [5.41, 5.74) is 2.05. The molecule has 0 radical (unpaired) electrons. The van der Waals surface area contributed by atoms with E-state index in [1.54, 1.807) is 0 Å². The minimum atomic E-state index is 0.385. The number of hydrogen-bond acceptors (Lipinski definition) is 3. The largest absolute Gasteiger partial charge is 0.246 e. The van der Waals surface area contributed by atoms with Crippen molar-refractivity contribution < 1.29 is 0 Å². The molecule has 4 nitrogen and oxygen atoms in total. The fourth-order valence-electron chi connectivity index (χ4n) is 1.96. The van der Waals surface area contributed by atoms with Crippen LogP contribution in [0.25, 0.3) is 0 Å². The minimum Gasteiger partial charge on any atom is -0.246 e. The zero-order valence-corrected chi connectivity index (χ0v) is 9.27. The number of nitriles is 1. The lowest BCUT2D eigenvalue weighted by molar-refractivity contribution is 0.552. The Hall–Kier alpha value is -1.37. The Balaban J connectivity index is 2.26. The summed E-state index contributed by atoms with van der Waals surface area (Å²) in [6.45, 7) is 4.37. The van der Waals surface area contributed by atoms with Crippen molar-refractivity contribution in [3.63, 3.8) is 0 Å². The van der Waals surface area contributed by atoms with Crippen LogP contribution in [0, 0.1) is 17.2 Å². The molecule has 0 aromatic carbocycles. The first-order valence-electron chi connectivity index (χ1n) is 5.57. The monoisotopic (exact) mass is 204 g/mol. The Labute approximate surface area is 89.9 Å². The average molecular weight is 204 g/mol. The fraction of sp³-hybridized carbons (Fsp3) is 0.727. The summed E-state index contributed by atoms with van der Waals surface area (Å²) >= 11 is 0. The molecular weight excluding hydrogens is 188 g/mol. The van der Waals surface area contributed by atoms with Gasteiger partial charge < -0.3 is 0 Å². The fourth-order valence-corrected chi connectivity index (χ4v) is 1.96. The van der Waals surface area contributed by atoms with Crippen molar-refractivity contribution in [3.8, 4) is 6.07 Å². The van der Waals surface area contributed by atoms with Crippen LogP contribution in [0.2, 0.25) is 0 Å². The van der Waals surface area contributed by atoms with Crippen LogP contribution in [0.1, 0.15) is 44.1 Å². The van der Waals surface area contributed by atoms with Crippen LogP contribution >= 0.6 is 0 Å². The Morgan fingerprint density at radius 2 is 2.33 bits per heavy atom. The zero-order valence-electron chi connectivity index (χ0n) is 9.27. The molecule has 1 saturated carbocycles. The molecule has 0 saturated heterocycles. The van der Waals surface area contributed by atoms with Crippen LogP contribution < -0.4 is 0 Å². The molecule has 15 heavy (non-hydrogen) atoms. The van der Waals surface area contributed by atoms with E-state index >= 15 is 0 Å². The van der Waals surface area contributed by atoms with Crippen molar-refractivity contribution in [1.29, 1.82) is 5.26 Å². The summed E-state index contributed by atoms with van der Waals surface area (Å²) in [6, 6.07) is 2.68. The molecule has 0 amide bonds. The molecule has 2 unspecified atom stereocenters.